The number of hydrogen-bond donors (Lipinski definition) is 0. The molecule has 2 aliphatic rings. The molecular formula is C16H21FN2O6S. The summed E-state index contributed by atoms with van der Waals surface area (Å²) in [5.41, 5.74) is 1.10. The van der Waals surface area contributed by atoms with Crippen LogP contribution in [0, 0.1) is 0 Å². The van der Waals surface area contributed by atoms with E-state index >= 15 is 0 Å². The van der Waals surface area contributed by atoms with E-state index in [2.05, 4.69) is 4.90 Å². The van der Waals surface area contributed by atoms with E-state index in [1.807, 2.05) is 6.92 Å². The molecule has 1 aromatic carbocycles. The molecule has 0 saturated carbocycles. The maximum Gasteiger partial charge on any atom is 0.441 e. The predicted molar refractivity (Wildman–Crippen MR) is 90.6 cm³/mol. The summed E-state index contributed by atoms with van der Waals surface area (Å²) in [7, 11) is -2.25. The largest absolute Gasteiger partial charge is 0.441 e. The van der Waals surface area contributed by atoms with Gasteiger partial charge in [-0.3, -0.25) is 0 Å². The summed E-state index contributed by atoms with van der Waals surface area (Å²) >= 11 is 0. The monoisotopic (exact) mass is 388 g/mol. The lowest BCUT2D eigenvalue weighted by Gasteiger charge is -2.48. The molecular weight excluding hydrogens is 367 g/mol. The molecule has 0 radical (unpaired) electrons. The van der Waals surface area contributed by atoms with Crippen molar-refractivity contribution in [3.05, 3.63) is 29.8 Å². The van der Waals surface area contributed by atoms with E-state index in [9.17, 15) is 17.7 Å². The summed E-state index contributed by atoms with van der Waals surface area (Å²) in [5, 5.41) is -0.156. The summed E-state index contributed by atoms with van der Waals surface area (Å²) in [4.78, 5) is 13.6. The molecule has 2 fully saturated rings. The molecule has 2 heterocycles. The average Bonchev–Trinajstić information content (AvgIpc) is 2.85. The van der Waals surface area contributed by atoms with Gasteiger partial charge in [0.15, 0.2) is 6.04 Å². The molecule has 144 valence electrons. The standard InChI is InChI=1S/C16H21FN2O6S/c1-4-26(21,22)25-14-13(19(17)15(20)24-14)11-5-7-12(8-6-11)18-9-16(2,10-18)23-3/h5-8,13-14H,4,9-10H2,1-3H3. The molecule has 26 heavy (non-hydrogen) atoms. The van der Waals surface area contributed by atoms with Crippen molar-refractivity contribution in [1.29, 1.82) is 0 Å². The first-order valence-corrected chi connectivity index (χ1v) is 9.72. The zero-order chi connectivity index (χ0) is 19.1. The smallest absolute Gasteiger partial charge is 0.414 e. The molecule has 8 nitrogen and oxygen atoms in total. The van der Waals surface area contributed by atoms with Gasteiger partial charge in [-0.25, -0.2) is 8.98 Å². The first-order chi connectivity index (χ1) is 12.2. The Kier molecular flexibility index (Phi) is 4.84. The summed E-state index contributed by atoms with van der Waals surface area (Å²) < 4.78 is 52.4. The quantitative estimate of drug-likeness (QED) is 0.544. The van der Waals surface area contributed by atoms with E-state index in [4.69, 9.17) is 13.7 Å². The third-order valence-corrected chi connectivity index (χ3v) is 5.82. The van der Waals surface area contributed by atoms with E-state index in [0.717, 1.165) is 18.8 Å². The van der Waals surface area contributed by atoms with Gasteiger partial charge >= 0.3 is 6.09 Å². The van der Waals surface area contributed by atoms with Crippen molar-refractivity contribution < 1.29 is 31.4 Å². The van der Waals surface area contributed by atoms with Gasteiger partial charge in [0, 0.05) is 25.9 Å². The molecule has 0 spiro atoms. The van der Waals surface area contributed by atoms with Crippen molar-refractivity contribution in [2.45, 2.75) is 31.8 Å². The van der Waals surface area contributed by atoms with Crippen molar-refractivity contribution in [3.63, 3.8) is 0 Å². The van der Waals surface area contributed by atoms with E-state index in [0.29, 0.717) is 5.56 Å². The highest BCUT2D eigenvalue weighted by molar-refractivity contribution is 7.86. The van der Waals surface area contributed by atoms with E-state index < -0.39 is 28.5 Å². The Morgan fingerprint density at radius 2 is 1.92 bits per heavy atom. The Bertz CT molecular complexity index is 778. The van der Waals surface area contributed by atoms with Crippen LogP contribution >= 0.6 is 0 Å². The van der Waals surface area contributed by atoms with Gasteiger partial charge < -0.3 is 14.4 Å². The van der Waals surface area contributed by atoms with Crippen LogP contribution < -0.4 is 4.90 Å². The molecule has 0 bridgehead atoms. The zero-order valence-corrected chi connectivity index (χ0v) is 15.5. The Labute approximate surface area is 151 Å². The Balaban J connectivity index is 1.77. The normalized spacial score (nSPS) is 25.2. The van der Waals surface area contributed by atoms with Gasteiger partial charge in [0.05, 0.1) is 11.4 Å². The molecule has 2 unspecified atom stereocenters. The van der Waals surface area contributed by atoms with Crippen LogP contribution in [0.25, 0.3) is 0 Å². The summed E-state index contributed by atoms with van der Waals surface area (Å²) in [5.74, 6) is -0.313. The fraction of sp³-hybridized carbons (Fsp3) is 0.562. The molecule has 2 saturated heterocycles. The van der Waals surface area contributed by atoms with Gasteiger partial charge in [0.1, 0.15) is 0 Å². The predicted octanol–water partition coefficient (Wildman–Crippen LogP) is 1.98. The molecule has 2 aliphatic heterocycles. The number of nitrogens with zero attached hydrogens (tertiary/aromatic N) is 2. The third-order valence-electron chi connectivity index (χ3n) is 4.63. The highest BCUT2D eigenvalue weighted by atomic mass is 32.2. The van der Waals surface area contributed by atoms with Crippen LogP contribution in [0.3, 0.4) is 0 Å². The van der Waals surface area contributed by atoms with Crippen molar-refractivity contribution in [1.82, 2.24) is 5.12 Å². The molecule has 1 amide bonds. The highest BCUT2D eigenvalue weighted by Gasteiger charge is 2.47. The van der Waals surface area contributed by atoms with Crippen LogP contribution in [0.4, 0.5) is 15.0 Å². The molecule has 0 aliphatic carbocycles. The number of amides is 1. The van der Waals surface area contributed by atoms with Crippen LogP contribution in [-0.4, -0.2) is 57.5 Å². The summed E-state index contributed by atoms with van der Waals surface area (Å²) in [6.45, 7) is 4.84. The van der Waals surface area contributed by atoms with E-state index in [1.165, 1.54) is 6.92 Å². The van der Waals surface area contributed by atoms with Gasteiger partial charge in [-0.2, -0.15) is 8.42 Å². The van der Waals surface area contributed by atoms with Gasteiger partial charge in [0.25, 0.3) is 10.1 Å². The Morgan fingerprint density at radius 3 is 2.46 bits per heavy atom. The molecule has 0 aromatic heterocycles. The second-order valence-electron chi connectivity index (χ2n) is 6.55. The average molecular weight is 388 g/mol. The molecule has 0 N–H and O–H groups in total. The Hall–Kier alpha value is -1.91. The van der Waals surface area contributed by atoms with Crippen molar-refractivity contribution in [2.75, 3.05) is 30.9 Å². The second kappa shape index (κ2) is 6.67. The van der Waals surface area contributed by atoms with E-state index in [1.54, 1.807) is 31.4 Å². The lowest BCUT2D eigenvalue weighted by molar-refractivity contribution is -0.0262. The second-order valence-corrected chi connectivity index (χ2v) is 8.44. The number of hydrogen-bond acceptors (Lipinski definition) is 7. The van der Waals surface area contributed by atoms with Gasteiger partial charge in [-0.1, -0.05) is 16.6 Å². The fourth-order valence-corrected chi connectivity index (χ4v) is 3.53. The number of cyclic esters (lactones) is 1. The summed E-state index contributed by atoms with van der Waals surface area (Å²) in [6.07, 6.45) is -2.85. The van der Waals surface area contributed by atoms with Crippen LogP contribution in [0.15, 0.2) is 24.3 Å². The first kappa shape index (κ1) is 18.9. The lowest BCUT2D eigenvalue weighted by Crippen LogP contribution is -2.61. The van der Waals surface area contributed by atoms with Crippen molar-refractivity contribution in [2.24, 2.45) is 0 Å². The topological polar surface area (TPSA) is 85.4 Å². The maximum absolute atomic E-state index is 14.1. The minimum atomic E-state index is -3.92. The highest BCUT2D eigenvalue weighted by Crippen LogP contribution is 2.37. The van der Waals surface area contributed by atoms with Crippen molar-refractivity contribution >= 4 is 21.9 Å². The molecule has 3 rings (SSSR count). The van der Waals surface area contributed by atoms with Crippen LogP contribution in [0.5, 0.6) is 0 Å². The SMILES string of the molecule is CCS(=O)(=O)OC1OC(=O)N(F)C1c1ccc(N2CC(C)(OC)C2)cc1. The number of carbonyl (C=O) groups excluding carboxylic acids is 1. The lowest BCUT2D eigenvalue weighted by atomic mass is 9.95. The summed E-state index contributed by atoms with van der Waals surface area (Å²) in [6, 6.07) is 5.48. The molecule has 2 atom stereocenters. The maximum atomic E-state index is 14.1. The Morgan fingerprint density at radius 1 is 1.31 bits per heavy atom. The van der Waals surface area contributed by atoms with Gasteiger partial charge in [-0.15, -0.1) is 5.12 Å². The first-order valence-electron chi connectivity index (χ1n) is 8.15. The number of ether oxygens (including phenoxy) is 2. The third kappa shape index (κ3) is 3.49. The van der Waals surface area contributed by atoms with Gasteiger partial charge in [0.2, 0.25) is 6.29 Å². The van der Waals surface area contributed by atoms with Gasteiger partial charge in [-0.05, 0) is 31.5 Å². The zero-order valence-electron chi connectivity index (χ0n) is 14.7. The van der Waals surface area contributed by atoms with Crippen LogP contribution in [0.1, 0.15) is 25.5 Å². The number of methoxy groups -OCH3 is 1. The molecule has 10 heteroatoms. The van der Waals surface area contributed by atoms with Crippen LogP contribution in [0.2, 0.25) is 0 Å². The number of benzene rings is 1. The minimum absolute atomic E-state index is 0.156. The molecule has 1 aromatic rings. The number of anilines is 1. The fourth-order valence-electron chi connectivity index (χ4n) is 2.96. The van der Waals surface area contributed by atoms with Crippen molar-refractivity contribution in [3.8, 4) is 0 Å². The minimum Gasteiger partial charge on any atom is -0.414 e. The van der Waals surface area contributed by atoms with E-state index in [-0.39, 0.29) is 16.5 Å². The van der Waals surface area contributed by atoms with Crippen LogP contribution in [-0.2, 0) is 23.8 Å². The number of rotatable bonds is 6. The number of halogens is 1. The number of carbonyl (C=O) groups is 1.